The molecule has 0 bridgehead atoms. The molecule has 0 spiro atoms. The minimum atomic E-state index is -1.65. The predicted octanol–water partition coefficient (Wildman–Crippen LogP) is 2.65. The number of benzene rings is 1. The number of hydrogen-bond acceptors (Lipinski definition) is 0. The average molecular weight is 140 g/mol. The molecule has 0 amide bonds. The summed E-state index contributed by atoms with van der Waals surface area (Å²) in [7, 11) is 0. The summed E-state index contributed by atoms with van der Waals surface area (Å²) in [5, 5.41) is 0. The summed E-state index contributed by atoms with van der Waals surface area (Å²) in [4.78, 5) is 0. The molecular formula is C8H6F2. The summed E-state index contributed by atoms with van der Waals surface area (Å²) in [6, 6.07) is 5.79. The minimum absolute atomic E-state index is 0.0348. The van der Waals surface area contributed by atoms with Crippen LogP contribution in [0.2, 0.25) is 0 Å². The zero-order valence-corrected chi connectivity index (χ0v) is 5.27. The quantitative estimate of drug-likeness (QED) is 0.562. The molecule has 0 saturated heterocycles. The van der Waals surface area contributed by atoms with Gasteiger partial charge in [0.05, 0.1) is 0 Å². The molecule has 1 rings (SSSR count). The Labute approximate surface area is 58.5 Å². The fraction of sp³-hybridized carbons (Fsp3) is 0. The summed E-state index contributed by atoms with van der Waals surface area (Å²) in [5.41, 5.74) is 0.706. The van der Waals surface area contributed by atoms with Crippen LogP contribution in [0.5, 0.6) is 0 Å². The van der Waals surface area contributed by atoms with Crippen molar-refractivity contribution in [3.63, 3.8) is 0 Å². The summed E-state index contributed by atoms with van der Waals surface area (Å²) in [6.07, 6.45) is -1.65. The van der Waals surface area contributed by atoms with Crippen LogP contribution in [0.3, 0.4) is 0 Å². The average Bonchev–Trinajstić information content (AvgIpc) is 1.88. The Morgan fingerprint density at radius 2 is 1.60 bits per heavy atom. The third-order valence-electron chi connectivity index (χ3n) is 1.17. The highest BCUT2D eigenvalue weighted by Gasteiger charge is 2.06. The second kappa shape index (κ2) is 2.78. The Morgan fingerprint density at radius 3 is 2.00 bits per heavy atom. The number of rotatable bonds is 1. The monoisotopic (exact) mass is 140 g/mol. The molecule has 0 N–H and O–H groups in total. The second-order valence-electron chi connectivity index (χ2n) is 1.96. The zero-order valence-electron chi connectivity index (χ0n) is 5.27. The van der Waals surface area contributed by atoms with Gasteiger partial charge >= 0.3 is 6.43 Å². The van der Waals surface area contributed by atoms with E-state index in [0.717, 1.165) is 5.56 Å². The molecule has 52 valence electrons. The van der Waals surface area contributed by atoms with Gasteiger partial charge in [0.2, 0.25) is 0 Å². The van der Waals surface area contributed by atoms with Crippen LogP contribution in [0.15, 0.2) is 24.3 Å². The SMILES string of the molecule is [CH2]c1ccc([C](F)F)cc1. The Kier molecular flexibility index (Phi) is 2.00. The van der Waals surface area contributed by atoms with E-state index in [2.05, 4.69) is 6.92 Å². The van der Waals surface area contributed by atoms with Crippen LogP contribution >= 0.6 is 0 Å². The lowest BCUT2D eigenvalue weighted by molar-refractivity contribution is 0.325. The molecule has 0 atom stereocenters. The molecule has 1 aromatic carbocycles. The van der Waals surface area contributed by atoms with Crippen LogP contribution in [0, 0.1) is 13.3 Å². The Balaban J connectivity index is 2.89. The van der Waals surface area contributed by atoms with Crippen molar-refractivity contribution in [2.45, 2.75) is 0 Å². The van der Waals surface area contributed by atoms with Crippen LogP contribution in [-0.2, 0) is 0 Å². The molecule has 2 radical (unpaired) electrons. The van der Waals surface area contributed by atoms with Crippen LogP contribution in [0.1, 0.15) is 11.1 Å². The molecule has 1 aromatic rings. The van der Waals surface area contributed by atoms with Crippen molar-refractivity contribution in [1.82, 2.24) is 0 Å². The predicted molar refractivity (Wildman–Crippen MR) is 35.5 cm³/mol. The van der Waals surface area contributed by atoms with E-state index in [1.807, 2.05) is 0 Å². The van der Waals surface area contributed by atoms with Gasteiger partial charge in [0.25, 0.3) is 0 Å². The maximum atomic E-state index is 11.8. The highest BCUT2D eigenvalue weighted by Crippen LogP contribution is 2.16. The van der Waals surface area contributed by atoms with Crippen LogP contribution < -0.4 is 0 Å². The molecule has 2 heteroatoms. The fourth-order valence-corrected chi connectivity index (χ4v) is 0.631. The van der Waals surface area contributed by atoms with E-state index in [1.165, 1.54) is 12.1 Å². The van der Waals surface area contributed by atoms with Gasteiger partial charge in [0.1, 0.15) is 0 Å². The molecule has 10 heavy (non-hydrogen) atoms. The Hall–Kier alpha value is -0.920. The molecule has 0 saturated carbocycles. The lowest BCUT2D eigenvalue weighted by atomic mass is 10.2. The third-order valence-corrected chi connectivity index (χ3v) is 1.17. The van der Waals surface area contributed by atoms with Crippen LogP contribution in [-0.4, -0.2) is 0 Å². The normalized spacial score (nSPS) is 10.4. The van der Waals surface area contributed by atoms with E-state index in [0.29, 0.717) is 0 Å². The van der Waals surface area contributed by atoms with Crippen LogP contribution in [0.25, 0.3) is 0 Å². The Morgan fingerprint density at radius 1 is 1.10 bits per heavy atom. The van der Waals surface area contributed by atoms with Gasteiger partial charge in [-0.15, -0.1) is 0 Å². The molecule has 0 unspecified atom stereocenters. The van der Waals surface area contributed by atoms with Gasteiger partial charge in [-0.2, -0.15) is 8.78 Å². The van der Waals surface area contributed by atoms with Gasteiger partial charge in [-0.3, -0.25) is 0 Å². The van der Waals surface area contributed by atoms with Crippen molar-refractivity contribution >= 4 is 0 Å². The smallest absolute Gasteiger partial charge is 0.194 e. The first-order valence-corrected chi connectivity index (χ1v) is 2.80. The van der Waals surface area contributed by atoms with E-state index >= 15 is 0 Å². The van der Waals surface area contributed by atoms with Crippen molar-refractivity contribution in [1.29, 1.82) is 0 Å². The summed E-state index contributed by atoms with van der Waals surface area (Å²) in [5.74, 6) is 0. The van der Waals surface area contributed by atoms with E-state index in [4.69, 9.17) is 0 Å². The lowest BCUT2D eigenvalue weighted by Crippen LogP contribution is -1.83. The molecule has 0 fully saturated rings. The molecule has 0 aliphatic heterocycles. The van der Waals surface area contributed by atoms with E-state index in [9.17, 15) is 8.78 Å². The van der Waals surface area contributed by atoms with Gasteiger partial charge < -0.3 is 0 Å². The molecule has 0 heterocycles. The molecular weight excluding hydrogens is 134 g/mol. The van der Waals surface area contributed by atoms with Crippen LogP contribution in [0.4, 0.5) is 8.78 Å². The first-order valence-electron chi connectivity index (χ1n) is 2.80. The highest BCUT2D eigenvalue weighted by molar-refractivity contribution is 5.29. The van der Waals surface area contributed by atoms with Gasteiger partial charge in [0, 0.05) is 5.56 Å². The van der Waals surface area contributed by atoms with Gasteiger partial charge in [0.15, 0.2) is 0 Å². The standard InChI is InChI=1S/C8H6F2/c1-6-2-4-7(5-3-6)8(9)10/h2-5H,1H2. The second-order valence-corrected chi connectivity index (χ2v) is 1.96. The summed E-state index contributed by atoms with van der Waals surface area (Å²) in [6.45, 7) is 3.57. The largest absolute Gasteiger partial charge is 0.339 e. The summed E-state index contributed by atoms with van der Waals surface area (Å²) >= 11 is 0. The highest BCUT2D eigenvalue weighted by atomic mass is 19.3. The number of hydrogen-bond donors (Lipinski definition) is 0. The third kappa shape index (κ3) is 1.53. The maximum Gasteiger partial charge on any atom is 0.339 e. The molecule has 0 aromatic heterocycles. The van der Waals surface area contributed by atoms with Gasteiger partial charge in [-0.1, -0.05) is 24.3 Å². The van der Waals surface area contributed by atoms with E-state index < -0.39 is 6.43 Å². The van der Waals surface area contributed by atoms with Crippen molar-refractivity contribution in [3.05, 3.63) is 48.7 Å². The lowest BCUT2D eigenvalue weighted by Gasteiger charge is -1.95. The first kappa shape index (κ1) is 7.19. The van der Waals surface area contributed by atoms with Crippen molar-refractivity contribution < 1.29 is 8.78 Å². The first-order chi connectivity index (χ1) is 4.70. The maximum absolute atomic E-state index is 11.8. The van der Waals surface area contributed by atoms with Crippen molar-refractivity contribution in [2.24, 2.45) is 0 Å². The minimum Gasteiger partial charge on any atom is -0.194 e. The van der Waals surface area contributed by atoms with Crippen molar-refractivity contribution in [2.75, 3.05) is 0 Å². The van der Waals surface area contributed by atoms with Crippen molar-refractivity contribution in [3.8, 4) is 0 Å². The van der Waals surface area contributed by atoms with Gasteiger partial charge in [-0.05, 0) is 12.5 Å². The van der Waals surface area contributed by atoms with E-state index in [-0.39, 0.29) is 5.56 Å². The molecule has 0 nitrogen and oxygen atoms in total. The fourth-order valence-electron chi connectivity index (χ4n) is 0.631. The number of halogens is 2. The summed E-state index contributed by atoms with van der Waals surface area (Å²) < 4.78 is 23.6. The van der Waals surface area contributed by atoms with E-state index in [1.54, 1.807) is 12.1 Å². The van der Waals surface area contributed by atoms with Gasteiger partial charge in [-0.25, -0.2) is 0 Å². The topological polar surface area (TPSA) is 0 Å². The zero-order chi connectivity index (χ0) is 7.56. The molecule has 0 aliphatic carbocycles. The molecule has 0 aliphatic rings. The Bertz CT molecular complexity index is 201.